The molecule has 0 aliphatic heterocycles. The van der Waals surface area contributed by atoms with Crippen LogP contribution in [0.1, 0.15) is 15.9 Å². The Kier molecular flexibility index (Phi) is 5.10. The summed E-state index contributed by atoms with van der Waals surface area (Å²) in [7, 11) is 1.51. The third kappa shape index (κ3) is 3.94. The lowest BCUT2D eigenvalue weighted by molar-refractivity contribution is -0.137. The summed E-state index contributed by atoms with van der Waals surface area (Å²) in [6, 6.07) is 11.5. The van der Waals surface area contributed by atoms with Gasteiger partial charge in [0.25, 0.3) is 5.91 Å². The van der Waals surface area contributed by atoms with Crippen molar-refractivity contribution in [2.24, 2.45) is 0 Å². The lowest BCUT2D eigenvalue weighted by Crippen LogP contribution is -2.26. The lowest BCUT2D eigenvalue weighted by atomic mass is 10.1. The van der Waals surface area contributed by atoms with Gasteiger partial charge in [-0.2, -0.15) is 13.2 Å². The number of nitrogens with zero attached hydrogens (tertiary/aromatic N) is 3. The Morgan fingerprint density at radius 3 is 2.23 bits per heavy atom. The fourth-order valence-electron chi connectivity index (χ4n) is 2.14. The van der Waals surface area contributed by atoms with Crippen LogP contribution in [0.5, 0.6) is 0 Å². The van der Waals surface area contributed by atoms with E-state index in [2.05, 4.69) is 26.1 Å². The molecule has 0 atom stereocenters. The number of hydrogen-bond acceptors (Lipinski definition) is 4. The quantitative estimate of drug-likeness (QED) is 0.556. The number of carbonyl (C=O) groups excluding carboxylic acids is 1. The molecule has 0 saturated carbocycles. The summed E-state index contributed by atoms with van der Waals surface area (Å²) in [6.45, 7) is 0. The maximum atomic E-state index is 12.6. The van der Waals surface area contributed by atoms with Crippen LogP contribution in [0.25, 0.3) is 10.6 Å². The fourth-order valence-corrected chi connectivity index (χ4v) is 3.22. The largest absolute Gasteiger partial charge is 0.416 e. The molecule has 0 bridgehead atoms. The molecule has 134 valence electrons. The van der Waals surface area contributed by atoms with E-state index in [9.17, 15) is 18.0 Å². The molecule has 0 fully saturated rings. The second kappa shape index (κ2) is 7.16. The molecule has 4 nitrogen and oxygen atoms in total. The first-order chi connectivity index (χ1) is 12.3. The Hall–Kier alpha value is -2.26. The number of aromatic nitrogens is 2. The average molecular weight is 442 g/mol. The Bertz CT molecular complexity index is 924. The summed E-state index contributed by atoms with van der Waals surface area (Å²) in [4.78, 5) is 13.7. The van der Waals surface area contributed by atoms with Gasteiger partial charge in [0, 0.05) is 22.6 Å². The van der Waals surface area contributed by atoms with Gasteiger partial charge in [0.2, 0.25) is 5.13 Å². The summed E-state index contributed by atoms with van der Waals surface area (Å²) in [5.74, 6) is -0.461. The number of halogens is 4. The van der Waals surface area contributed by atoms with Crippen molar-refractivity contribution in [1.82, 2.24) is 10.2 Å². The van der Waals surface area contributed by atoms with Crippen LogP contribution in [-0.4, -0.2) is 23.2 Å². The van der Waals surface area contributed by atoms with Crippen LogP contribution >= 0.6 is 27.3 Å². The minimum absolute atomic E-state index is 0.140. The molecule has 2 aromatic carbocycles. The zero-order valence-corrected chi connectivity index (χ0v) is 15.7. The monoisotopic (exact) mass is 441 g/mol. The number of amides is 1. The first kappa shape index (κ1) is 18.5. The molecule has 0 unspecified atom stereocenters. The van der Waals surface area contributed by atoms with Crippen LogP contribution in [0, 0.1) is 0 Å². The van der Waals surface area contributed by atoms with Crippen LogP contribution in [0.4, 0.5) is 18.3 Å². The second-order valence-electron chi connectivity index (χ2n) is 5.34. The maximum absolute atomic E-state index is 12.6. The summed E-state index contributed by atoms with van der Waals surface area (Å²) in [6.07, 6.45) is -4.44. The van der Waals surface area contributed by atoms with Crippen LogP contribution in [0.2, 0.25) is 0 Å². The number of alkyl halides is 3. The Morgan fingerprint density at radius 1 is 1.04 bits per heavy atom. The van der Waals surface area contributed by atoms with Gasteiger partial charge in [0.1, 0.15) is 5.01 Å². The van der Waals surface area contributed by atoms with Crippen molar-refractivity contribution in [3.05, 3.63) is 64.1 Å². The third-order valence-corrected chi connectivity index (χ3v) is 5.13. The normalized spacial score (nSPS) is 11.4. The van der Waals surface area contributed by atoms with Crippen molar-refractivity contribution in [2.45, 2.75) is 6.18 Å². The molecule has 0 radical (unpaired) electrons. The molecular formula is C17H11BrF3N3OS. The van der Waals surface area contributed by atoms with E-state index in [1.807, 2.05) is 24.3 Å². The molecule has 0 aliphatic rings. The molecule has 3 rings (SSSR count). The number of hydrogen-bond donors (Lipinski definition) is 0. The summed E-state index contributed by atoms with van der Waals surface area (Å²) in [5.41, 5.74) is 0.193. The van der Waals surface area contributed by atoms with Crippen molar-refractivity contribution < 1.29 is 18.0 Å². The first-order valence-corrected chi connectivity index (χ1v) is 8.91. The van der Waals surface area contributed by atoms with Gasteiger partial charge in [0.05, 0.1) is 5.56 Å². The maximum Gasteiger partial charge on any atom is 0.416 e. The first-order valence-electron chi connectivity index (χ1n) is 7.30. The topological polar surface area (TPSA) is 46.1 Å². The van der Waals surface area contributed by atoms with Crippen LogP contribution in [-0.2, 0) is 6.18 Å². The molecule has 1 amide bonds. The molecule has 0 saturated heterocycles. The van der Waals surface area contributed by atoms with Crippen LogP contribution in [0.15, 0.2) is 53.0 Å². The smallest absolute Gasteiger partial charge is 0.286 e. The Morgan fingerprint density at radius 2 is 1.65 bits per heavy atom. The molecule has 26 heavy (non-hydrogen) atoms. The molecular weight excluding hydrogens is 431 g/mol. The van der Waals surface area contributed by atoms with Gasteiger partial charge in [-0.05, 0) is 36.4 Å². The summed E-state index contributed by atoms with van der Waals surface area (Å²) < 4.78 is 38.8. The van der Waals surface area contributed by atoms with E-state index in [1.165, 1.54) is 23.3 Å². The van der Waals surface area contributed by atoms with E-state index in [0.29, 0.717) is 10.1 Å². The molecule has 9 heteroatoms. The molecule has 1 heterocycles. The van der Waals surface area contributed by atoms with E-state index in [-0.39, 0.29) is 5.56 Å². The minimum Gasteiger partial charge on any atom is -0.286 e. The molecule has 0 aliphatic carbocycles. The fraction of sp³-hybridized carbons (Fsp3) is 0.118. The van der Waals surface area contributed by atoms with Gasteiger partial charge in [-0.1, -0.05) is 39.4 Å². The SMILES string of the molecule is CN(C(=O)c1ccc(C(F)(F)F)cc1)c1nnc(-c2ccc(Br)cc2)s1. The zero-order valence-electron chi connectivity index (χ0n) is 13.3. The van der Waals surface area contributed by atoms with Crippen LogP contribution < -0.4 is 4.90 Å². The molecule has 3 aromatic rings. The predicted molar refractivity (Wildman–Crippen MR) is 97.2 cm³/mol. The highest BCUT2D eigenvalue weighted by Gasteiger charge is 2.30. The number of carbonyl (C=O) groups is 1. The van der Waals surface area contributed by atoms with Gasteiger partial charge in [0.15, 0.2) is 0 Å². The number of rotatable bonds is 3. The van der Waals surface area contributed by atoms with E-state index in [0.717, 1.165) is 34.3 Å². The highest BCUT2D eigenvalue weighted by molar-refractivity contribution is 9.10. The van der Waals surface area contributed by atoms with E-state index in [1.54, 1.807) is 0 Å². The highest BCUT2D eigenvalue weighted by Crippen LogP contribution is 2.31. The van der Waals surface area contributed by atoms with E-state index >= 15 is 0 Å². The highest BCUT2D eigenvalue weighted by atomic mass is 79.9. The third-order valence-electron chi connectivity index (χ3n) is 3.56. The van der Waals surface area contributed by atoms with E-state index in [4.69, 9.17) is 0 Å². The van der Waals surface area contributed by atoms with Crippen molar-refractivity contribution in [1.29, 1.82) is 0 Å². The van der Waals surface area contributed by atoms with Crippen LogP contribution in [0.3, 0.4) is 0 Å². The zero-order chi connectivity index (χ0) is 18.9. The standard InChI is InChI=1S/C17H11BrF3N3OS/c1-24(15(25)11-2-6-12(7-3-11)17(19,20)21)16-23-22-14(26-16)10-4-8-13(18)9-5-10/h2-9H,1H3. The van der Waals surface area contributed by atoms with Crippen molar-refractivity contribution >= 4 is 38.3 Å². The van der Waals surface area contributed by atoms with Crippen molar-refractivity contribution in [3.63, 3.8) is 0 Å². The molecule has 0 spiro atoms. The molecule has 0 N–H and O–H groups in total. The van der Waals surface area contributed by atoms with Gasteiger partial charge >= 0.3 is 6.18 Å². The summed E-state index contributed by atoms with van der Waals surface area (Å²) in [5, 5.41) is 9.06. The summed E-state index contributed by atoms with van der Waals surface area (Å²) >= 11 is 4.57. The van der Waals surface area contributed by atoms with Crippen molar-refractivity contribution in [3.8, 4) is 10.6 Å². The Balaban J connectivity index is 1.79. The lowest BCUT2D eigenvalue weighted by Gasteiger charge is -2.13. The van der Waals surface area contributed by atoms with Gasteiger partial charge < -0.3 is 0 Å². The van der Waals surface area contributed by atoms with Crippen molar-refractivity contribution in [2.75, 3.05) is 11.9 Å². The van der Waals surface area contributed by atoms with Gasteiger partial charge in [-0.3, -0.25) is 9.69 Å². The van der Waals surface area contributed by atoms with Gasteiger partial charge in [-0.25, -0.2) is 0 Å². The molecule has 1 aromatic heterocycles. The second-order valence-corrected chi connectivity index (χ2v) is 7.21. The number of anilines is 1. The van der Waals surface area contributed by atoms with Gasteiger partial charge in [-0.15, -0.1) is 10.2 Å². The minimum atomic E-state index is -4.44. The Labute approximate surface area is 159 Å². The van der Waals surface area contributed by atoms with E-state index < -0.39 is 17.6 Å². The average Bonchev–Trinajstić information content (AvgIpc) is 3.10. The predicted octanol–water partition coefficient (Wildman–Crippen LogP) is 5.26. The number of benzene rings is 2.